The summed E-state index contributed by atoms with van der Waals surface area (Å²) in [6.45, 7) is 3.75. The molecule has 3 heterocycles. The molecule has 0 radical (unpaired) electrons. The smallest absolute Gasteiger partial charge is 0.163 e. The first-order valence-electron chi connectivity index (χ1n) is 8.61. The lowest BCUT2D eigenvalue weighted by Gasteiger charge is -2.11. The van der Waals surface area contributed by atoms with Gasteiger partial charge in [-0.3, -0.25) is 5.43 Å². The van der Waals surface area contributed by atoms with E-state index in [2.05, 4.69) is 87.9 Å². The monoisotopic (exact) mass is 331 g/mol. The summed E-state index contributed by atoms with van der Waals surface area (Å²) in [6, 6.07) is 15.5. The van der Waals surface area contributed by atoms with Crippen LogP contribution in [0.15, 0.2) is 47.6 Å². The Labute approximate surface area is 145 Å². The van der Waals surface area contributed by atoms with E-state index in [9.17, 15) is 0 Å². The summed E-state index contributed by atoms with van der Waals surface area (Å²) in [7, 11) is 4.23. The van der Waals surface area contributed by atoms with Gasteiger partial charge in [0.1, 0.15) is 6.67 Å². The maximum Gasteiger partial charge on any atom is 0.163 e. The van der Waals surface area contributed by atoms with E-state index < -0.39 is 0 Å². The largest absolute Gasteiger partial charge is 0.309 e. The van der Waals surface area contributed by atoms with E-state index in [0.717, 1.165) is 12.0 Å². The Balaban J connectivity index is 2.14. The third-order valence-electron chi connectivity index (χ3n) is 4.95. The van der Waals surface area contributed by atoms with E-state index in [0.29, 0.717) is 6.67 Å². The number of aromatic nitrogens is 2. The molecular weight excluding hydrogens is 310 g/mol. The van der Waals surface area contributed by atoms with Gasteiger partial charge in [-0.1, -0.05) is 18.2 Å². The summed E-state index contributed by atoms with van der Waals surface area (Å²) in [6.07, 6.45) is 0. The predicted octanol–water partition coefficient (Wildman–Crippen LogP) is 2.79. The Morgan fingerprint density at radius 3 is 2.84 bits per heavy atom. The van der Waals surface area contributed by atoms with Crippen LogP contribution in [-0.4, -0.2) is 28.0 Å². The maximum atomic E-state index is 4.60. The van der Waals surface area contributed by atoms with Crippen LogP contribution in [0.4, 0.5) is 0 Å². The van der Waals surface area contributed by atoms with Gasteiger partial charge >= 0.3 is 0 Å². The highest BCUT2D eigenvalue weighted by molar-refractivity contribution is 5.99. The van der Waals surface area contributed by atoms with Gasteiger partial charge in [-0.05, 0) is 50.8 Å². The summed E-state index contributed by atoms with van der Waals surface area (Å²) in [5.74, 6) is 0. The van der Waals surface area contributed by atoms with Gasteiger partial charge < -0.3 is 13.9 Å². The van der Waals surface area contributed by atoms with E-state index in [4.69, 9.17) is 0 Å². The molecule has 5 nitrogen and oxygen atoms in total. The van der Waals surface area contributed by atoms with Crippen LogP contribution >= 0.6 is 0 Å². The number of nitrogens with zero attached hydrogens (tertiary/aromatic N) is 4. The van der Waals surface area contributed by atoms with Crippen molar-refractivity contribution in [2.75, 3.05) is 14.1 Å². The molecule has 5 heteroatoms. The number of para-hydroxylation sites is 1. The molecule has 4 aromatic rings. The van der Waals surface area contributed by atoms with Crippen molar-refractivity contribution in [3.05, 3.63) is 59.2 Å². The second-order valence-corrected chi connectivity index (χ2v) is 7.12. The lowest BCUT2D eigenvalue weighted by atomic mass is 10.2. The minimum absolute atomic E-state index is 0.704. The Bertz CT molecular complexity index is 1210. The highest BCUT2D eigenvalue weighted by atomic mass is 15.4. The van der Waals surface area contributed by atoms with Gasteiger partial charge in [-0.15, -0.1) is 0 Å². The standard InChI is InChI=1S/C20H21N5/c1-13-7-8-17-18(9-13)25-15(11-23(2)3)10-14-5-4-6-16(19(14)25)20-22-21-12-24(17)20/h4-10,21H,11-12H2,1-3H3. The fourth-order valence-corrected chi connectivity index (χ4v) is 3.97. The zero-order valence-electron chi connectivity index (χ0n) is 14.7. The van der Waals surface area contributed by atoms with Crippen LogP contribution in [0.5, 0.6) is 0 Å². The van der Waals surface area contributed by atoms with Gasteiger partial charge in [-0.25, -0.2) is 0 Å². The lowest BCUT2D eigenvalue weighted by molar-refractivity contribution is 0.396. The van der Waals surface area contributed by atoms with Crippen molar-refractivity contribution < 1.29 is 0 Å². The van der Waals surface area contributed by atoms with Crippen molar-refractivity contribution in [1.82, 2.24) is 19.3 Å². The van der Waals surface area contributed by atoms with Gasteiger partial charge in [-0.2, -0.15) is 5.10 Å². The lowest BCUT2D eigenvalue weighted by Crippen LogP contribution is -2.14. The molecule has 1 aliphatic heterocycles. The number of benzene rings is 2. The molecule has 0 fully saturated rings. The fraction of sp³-hybridized carbons (Fsp3) is 0.250. The molecule has 0 unspecified atom stereocenters. The number of hydrogen-bond acceptors (Lipinski definition) is 3. The molecule has 126 valence electrons. The number of rotatable bonds is 2. The highest BCUT2D eigenvalue weighted by Crippen LogP contribution is 2.28. The van der Waals surface area contributed by atoms with Crippen LogP contribution in [-0.2, 0) is 13.2 Å². The third kappa shape index (κ3) is 2.02. The Morgan fingerprint density at radius 2 is 2.00 bits per heavy atom. The third-order valence-corrected chi connectivity index (χ3v) is 4.95. The minimum atomic E-state index is 0.704. The molecule has 1 N–H and O–H groups in total. The van der Waals surface area contributed by atoms with Gasteiger partial charge in [0.05, 0.1) is 16.6 Å². The first-order valence-corrected chi connectivity index (χ1v) is 8.61. The number of fused-ring (bicyclic) bond motifs is 5. The Hall–Kier alpha value is -2.79. The zero-order valence-corrected chi connectivity index (χ0v) is 14.7. The predicted molar refractivity (Wildman–Crippen MR) is 101 cm³/mol. The fourth-order valence-electron chi connectivity index (χ4n) is 3.97. The molecular formula is C20H21N5. The van der Waals surface area contributed by atoms with Crippen LogP contribution in [0, 0.1) is 6.92 Å². The van der Waals surface area contributed by atoms with Crippen LogP contribution in [0.25, 0.3) is 27.3 Å². The molecule has 0 saturated carbocycles. The molecule has 2 aromatic carbocycles. The molecule has 1 aliphatic rings. The van der Waals surface area contributed by atoms with E-state index in [1.165, 1.54) is 38.6 Å². The maximum absolute atomic E-state index is 4.60. The van der Waals surface area contributed by atoms with E-state index >= 15 is 0 Å². The second-order valence-electron chi connectivity index (χ2n) is 7.12. The quantitative estimate of drug-likeness (QED) is 0.613. The Morgan fingerprint density at radius 1 is 1.12 bits per heavy atom. The van der Waals surface area contributed by atoms with Crippen molar-refractivity contribution in [2.24, 2.45) is 5.10 Å². The molecule has 0 amide bonds. The van der Waals surface area contributed by atoms with Crippen molar-refractivity contribution in [2.45, 2.75) is 20.1 Å². The van der Waals surface area contributed by atoms with Crippen LogP contribution in [0.1, 0.15) is 11.3 Å². The number of hydrogen-bond donors (Lipinski definition) is 1. The summed E-state index contributed by atoms with van der Waals surface area (Å²) in [5.41, 5.74) is 10.4. The average molecular weight is 331 g/mol. The molecule has 0 spiro atoms. The summed E-state index contributed by atoms with van der Waals surface area (Å²) < 4.78 is 4.70. The van der Waals surface area contributed by atoms with E-state index in [1.54, 1.807) is 0 Å². The van der Waals surface area contributed by atoms with Gasteiger partial charge in [0.15, 0.2) is 5.49 Å². The van der Waals surface area contributed by atoms with Gasteiger partial charge in [0.25, 0.3) is 0 Å². The first kappa shape index (κ1) is 14.5. The van der Waals surface area contributed by atoms with Crippen LogP contribution < -0.4 is 10.9 Å². The molecule has 0 atom stereocenters. The second kappa shape index (κ2) is 5.10. The topological polar surface area (TPSA) is 37.0 Å². The van der Waals surface area contributed by atoms with Crippen molar-refractivity contribution in [3.63, 3.8) is 0 Å². The molecule has 2 aromatic heterocycles. The van der Waals surface area contributed by atoms with Crippen molar-refractivity contribution in [1.29, 1.82) is 0 Å². The van der Waals surface area contributed by atoms with Crippen molar-refractivity contribution in [3.8, 4) is 0 Å². The van der Waals surface area contributed by atoms with Crippen LogP contribution in [0.3, 0.4) is 0 Å². The number of nitrogens with one attached hydrogen (secondary N) is 1. The minimum Gasteiger partial charge on any atom is -0.309 e. The molecule has 25 heavy (non-hydrogen) atoms. The molecule has 0 saturated heterocycles. The first-order chi connectivity index (χ1) is 12.1. The zero-order chi connectivity index (χ0) is 17.1. The number of aryl methyl sites for hydroxylation is 1. The van der Waals surface area contributed by atoms with Gasteiger partial charge in [0.2, 0.25) is 0 Å². The van der Waals surface area contributed by atoms with Gasteiger partial charge in [0, 0.05) is 23.0 Å². The normalized spacial score (nSPS) is 13.6. The van der Waals surface area contributed by atoms with Crippen molar-refractivity contribution >= 4 is 27.3 Å². The highest BCUT2D eigenvalue weighted by Gasteiger charge is 2.17. The summed E-state index contributed by atoms with van der Waals surface area (Å²) in [4.78, 5) is 2.22. The molecule has 0 bridgehead atoms. The molecule has 5 rings (SSSR count). The Kier molecular flexibility index (Phi) is 2.97. The average Bonchev–Trinajstić information content (AvgIpc) is 3.15. The van der Waals surface area contributed by atoms with E-state index in [1.807, 2.05) is 0 Å². The SMILES string of the molecule is Cc1ccc2c(c1)n1c(CN(C)C)cc3cccc(c4n2CNN=4)c31. The molecule has 0 aliphatic carbocycles. The van der Waals surface area contributed by atoms with E-state index in [-0.39, 0.29) is 0 Å². The summed E-state index contributed by atoms with van der Waals surface area (Å²) >= 11 is 0. The summed E-state index contributed by atoms with van der Waals surface area (Å²) in [5, 5.41) is 7.05. The van der Waals surface area contributed by atoms with Crippen LogP contribution in [0.2, 0.25) is 0 Å².